The highest BCUT2D eigenvalue weighted by Gasteiger charge is 2.35. The van der Waals surface area contributed by atoms with Crippen molar-refractivity contribution in [1.29, 1.82) is 0 Å². The van der Waals surface area contributed by atoms with Gasteiger partial charge in [0.25, 0.3) is 5.56 Å². The molecule has 8 nitrogen and oxygen atoms in total. The van der Waals surface area contributed by atoms with E-state index in [1.807, 2.05) is 36.4 Å². The maximum absolute atomic E-state index is 13.8. The molecule has 0 spiro atoms. The zero-order valence-electron chi connectivity index (χ0n) is 21.0. The molecule has 10 heteroatoms. The normalized spacial score (nSPS) is 15.2. The van der Waals surface area contributed by atoms with Gasteiger partial charge in [-0.05, 0) is 43.3 Å². The number of carbonyl (C=O) groups is 1. The van der Waals surface area contributed by atoms with Gasteiger partial charge in [0.1, 0.15) is 29.1 Å². The van der Waals surface area contributed by atoms with Crippen molar-refractivity contribution in [2.75, 3.05) is 21.3 Å². The number of hydrogen-bond acceptors (Lipinski definition) is 8. The van der Waals surface area contributed by atoms with Gasteiger partial charge in [-0.15, -0.1) is 0 Å². The first-order valence-corrected chi connectivity index (χ1v) is 13.1. The van der Waals surface area contributed by atoms with Crippen LogP contribution >= 0.6 is 27.3 Å². The van der Waals surface area contributed by atoms with Gasteiger partial charge >= 0.3 is 5.97 Å². The monoisotopic (exact) mass is 594 g/mol. The molecular weight excluding hydrogens is 572 g/mol. The summed E-state index contributed by atoms with van der Waals surface area (Å²) in [7, 11) is 4.38. The Morgan fingerprint density at radius 2 is 1.84 bits per heavy atom. The summed E-state index contributed by atoms with van der Waals surface area (Å²) in [4.78, 5) is 31.8. The van der Waals surface area contributed by atoms with Gasteiger partial charge in [0.15, 0.2) is 4.80 Å². The average Bonchev–Trinajstić information content (AvgIpc) is 3.51. The van der Waals surface area contributed by atoms with E-state index in [1.165, 1.54) is 30.1 Å². The molecule has 0 fully saturated rings. The predicted octanol–water partition coefficient (Wildman–Crippen LogP) is 4.45. The summed E-state index contributed by atoms with van der Waals surface area (Å²) in [6.45, 7) is 1.73. The second kappa shape index (κ2) is 10.5. The fraction of sp³-hybridized carbons (Fsp3) is 0.179. The van der Waals surface area contributed by atoms with Gasteiger partial charge in [0.05, 0.1) is 37.1 Å². The molecule has 0 saturated heterocycles. The van der Waals surface area contributed by atoms with Gasteiger partial charge in [-0.2, -0.15) is 0 Å². The van der Waals surface area contributed by atoms with Crippen LogP contribution < -0.4 is 24.4 Å². The number of ether oxygens (including phenoxy) is 3. The van der Waals surface area contributed by atoms with Gasteiger partial charge in [0.2, 0.25) is 0 Å². The van der Waals surface area contributed by atoms with Gasteiger partial charge in [0, 0.05) is 27.7 Å². The molecule has 1 aliphatic rings. The molecule has 3 heterocycles. The summed E-state index contributed by atoms with van der Waals surface area (Å²) < 4.78 is 24.9. The summed E-state index contributed by atoms with van der Waals surface area (Å²) in [5.74, 6) is 1.67. The quantitative estimate of drug-likeness (QED) is 0.306. The fourth-order valence-corrected chi connectivity index (χ4v) is 5.65. The first kappa shape index (κ1) is 25.7. The standard InChI is InChI=1S/C28H23BrN2O6S/c1-15-24(27(33)36-4)25(20-11-9-18(34-2)13-22(20)35-3)31-26(32)23(38-28(31)30-15)14-19-10-12-21(37-19)16-5-7-17(29)8-6-16/h5-14,25H,1-4H3/b23-14-/t25-/m0/s1. The van der Waals surface area contributed by atoms with E-state index in [-0.39, 0.29) is 11.1 Å². The average molecular weight is 595 g/mol. The number of hydrogen-bond donors (Lipinski definition) is 0. The van der Waals surface area contributed by atoms with Crippen LogP contribution in [0.4, 0.5) is 0 Å². The van der Waals surface area contributed by atoms with Crippen molar-refractivity contribution in [3.8, 4) is 22.8 Å². The number of halogens is 1. The van der Waals surface area contributed by atoms with Crippen LogP contribution in [0.2, 0.25) is 0 Å². The Kier molecular flexibility index (Phi) is 7.09. The number of thiazole rings is 1. The number of benzene rings is 2. The molecule has 38 heavy (non-hydrogen) atoms. The molecule has 0 N–H and O–H groups in total. The molecule has 0 aliphatic carbocycles. The van der Waals surface area contributed by atoms with Crippen LogP contribution in [0.5, 0.6) is 11.5 Å². The van der Waals surface area contributed by atoms with Gasteiger partial charge in [-0.25, -0.2) is 9.79 Å². The lowest BCUT2D eigenvalue weighted by Crippen LogP contribution is -2.40. The zero-order chi connectivity index (χ0) is 27.0. The van der Waals surface area contributed by atoms with E-state index in [4.69, 9.17) is 18.6 Å². The van der Waals surface area contributed by atoms with Crippen LogP contribution in [-0.2, 0) is 9.53 Å². The number of rotatable bonds is 6. The van der Waals surface area contributed by atoms with E-state index in [9.17, 15) is 9.59 Å². The number of esters is 1. The smallest absolute Gasteiger partial charge is 0.338 e. The molecule has 1 aliphatic heterocycles. The number of fused-ring (bicyclic) bond motifs is 1. The van der Waals surface area contributed by atoms with E-state index in [2.05, 4.69) is 20.9 Å². The Morgan fingerprint density at radius 3 is 2.53 bits per heavy atom. The fourth-order valence-electron chi connectivity index (χ4n) is 4.36. The first-order chi connectivity index (χ1) is 18.3. The van der Waals surface area contributed by atoms with E-state index in [1.54, 1.807) is 38.3 Å². The highest BCUT2D eigenvalue weighted by atomic mass is 79.9. The lowest BCUT2D eigenvalue weighted by Gasteiger charge is -2.25. The van der Waals surface area contributed by atoms with Crippen molar-refractivity contribution >= 4 is 39.3 Å². The molecule has 0 amide bonds. The summed E-state index contributed by atoms with van der Waals surface area (Å²) in [6, 6.07) is 15.9. The second-order valence-electron chi connectivity index (χ2n) is 8.39. The van der Waals surface area contributed by atoms with Crippen molar-refractivity contribution < 1.29 is 23.4 Å². The molecule has 0 radical (unpaired) electrons. The van der Waals surface area contributed by atoms with Gasteiger partial charge < -0.3 is 18.6 Å². The summed E-state index contributed by atoms with van der Waals surface area (Å²) in [6.07, 6.45) is 1.69. The molecule has 2 aromatic carbocycles. The topological polar surface area (TPSA) is 92.3 Å². The Morgan fingerprint density at radius 1 is 1.08 bits per heavy atom. The third kappa shape index (κ3) is 4.61. The Labute approximate surface area is 230 Å². The number of nitrogens with zero attached hydrogens (tertiary/aromatic N) is 2. The molecule has 5 rings (SSSR count). The number of furan rings is 1. The van der Waals surface area contributed by atoms with Crippen LogP contribution in [0.3, 0.4) is 0 Å². The van der Waals surface area contributed by atoms with Gasteiger partial charge in [-0.3, -0.25) is 9.36 Å². The van der Waals surface area contributed by atoms with Crippen LogP contribution in [0.25, 0.3) is 17.4 Å². The van der Waals surface area contributed by atoms with Crippen molar-refractivity contribution in [2.45, 2.75) is 13.0 Å². The van der Waals surface area contributed by atoms with Gasteiger partial charge in [-0.1, -0.05) is 39.4 Å². The molecule has 4 aromatic rings. The minimum absolute atomic E-state index is 0.255. The van der Waals surface area contributed by atoms with E-state index in [0.717, 1.165) is 10.0 Å². The highest BCUT2D eigenvalue weighted by molar-refractivity contribution is 9.10. The van der Waals surface area contributed by atoms with Crippen LogP contribution in [-0.4, -0.2) is 31.9 Å². The zero-order valence-corrected chi connectivity index (χ0v) is 23.4. The summed E-state index contributed by atoms with van der Waals surface area (Å²) in [5.41, 5.74) is 1.92. The number of aromatic nitrogens is 1. The number of allylic oxidation sites excluding steroid dienone is 1. The van der Waals surface area contributed by atoms with Crippen molar-refractivity contribution in [3.63, 3.8) is 0 Å². The third-order valence-electron chi connectivity index (χ3n) is 6.19. The molecule has 0 bridgehead atoms. The Hall–Kier alpha value is -3.89. The Bertz CT molecular complexity index is 1750. The maximum Gasteiger partial charge on any atom is 0.338 e. The molecule has 0 saturated carbocycles. The minimum Gasteiger partial charge on any atom is -0.497 e. The van der Waals surface area contributed by atoms with Crippen molar-refractivity contribution in [2.24, 2.45) is 4.99 Å². The van der Waals surface area contributed by atoms with E-state index >= 15 is 0 Å². The minimum atomic E-state index is -0.809. The Balaban J connectivity index is 1.67. The molecule has 2 aromatic heterocycles. The predicted molar refractivity (Wildman–Crippen MR) is 147 cm³/mol. The van der Waals surface area contributed by atoms with E-state index < -0.39 is 12.0 Å². The van der Waals surface area contributed by atoms with E-state index in [0.29, 0.717) is 43.6 Å². The lowest BCUT2D eigenvalue weighted by molar-refractivity contribution is -0.136. The van der Waals surface area contributed by atoms with Crippen molar-refractivity contribution in [1.82, 2.24) is 4.57 Å². The molecule has 0 unspecified atom stereocenters. The number of methoxy groups -OCH3 is 3. The SMILES string of the molecule is COC(=O)C1=C(C)N=c2s/c(=C\c3ccc(-c4ccc(Br)cc4)o3)c(=O)n2[C@H]1c1ccc(OC)cc1OC. The summed E-state index contributed by atoms with van der Waals surface area (Å²) in [5, 5.41) is 0. The highest BCUT2D eigenvalue weighted by Crippen LogP contribution is 2.37. The van der Waals surface area contributed by atoms with Crippen molar-refractivity contribution in [3.05, 3.63) is 101 Å². The van der Waals surface area contributed by atoms with Crippen LogP contribution in [0, 0.1) is 0 Å². The molecular formula is C28H23BrN2O6S. The third-order valence-corrected chi connectivity index (χ3v) is 7.70. The molecule has 194 valence electrons. The molecule has 1 atom stereocenters. The maximum atomic E-state index is 13.8. The largest absolute Gasteiger partial charge is 0.497 e. The van der Waals surface area contributed by atoms with Crippen LogP contribution in [0.15, 0.2) is 84.5 Å². The van der Waals surface area contributed by atoms with Crippen LogP contribution in [0.1, 0.15) is 24.3 Å². The first-order valence-electron chi connectivity index (χ1n) is 11.5. The summed E-state index contributed by atoms with van der Waals surface area (Å²) >= 11 is 4.65. The second-order valence-corrected chi connectivity index (χ2v) is 10.3. The number of carbonyl (C=O) groups excluding carboxylic acids is 1. The lowest BCUT2D eigenvalue weighted by atomic mass is 9.95.